The van der Waals surface area contributed by atoms with Gasteiger partial charge in [0.15, 0.2) is 0 Å². The van der Waals surface area contributed by atoms with Gasteiger partial charge in [-0.1, -0.05) is 20.8 Å². The molecule has 1 N–H and O–H groups in total. The largest absolute Gasteiger partial charge is 0.478 e. The Kier molecular flexibility index (Phi) is 4.95. The first kappa shape index (κ1) is 18.9. The molecule has 0 saturated carbocycles. The van der Waals surface area contributed by atoms with Gasteiger partial charge in [-0.05, 0) is 25.5 Å². The molecule has 2 aromatic heterocycles. The summed E-state index contributed by atoms with van der Waals surface area (Å²) in [6, 6.07) is 3.38. The summed E-state index contributed by atoms with van der Waals surface area (Å²) in [5.74, 6) is -0.126. The first-order chi connectivity index (χ1) is 12.6. The Balaban J connectivity index is 1.88. The van der Waals surface area contributed by atoms with E-state index in [9.17, 15) is 14.7 Å². The standard InChI is InChI=1S/C20H24N4O3/c1-12-7-16(14-8-15(18(25)26)10-21-9-14)23-17(22-12)13-5-6-24(11-13)19(27)20(2,3)4/h7-10,13H,5-6,11H2,1-4H3,(H,25,26)/t13-/m0/s1. The van der Waals surface area contributed by atoms with E-state index in [2.05, 4.69) is 15.0 Å². The van der Waals surface area contributed by atoms with Crippen molar-refractivity contribution in [2.75, 3.05) is 13.1 Å². The second kappa shape index (κ2) is 7.06. The van der Waals surface area contributed by atoms with Crippen LogP contribution in [-0.2, 0) is 4.79 Å². The first-order valence-corrected chi connectivity index (χ1v) is 8.99. The topological polar surface area (TPSA) is 96.3 Å². The maximum atomic E-state index is 12.5. The number of aromatic carboxylic acids is 1. The second-order valence-electron chi connectivity index (χ2n) is 8.01. The molecule has 1 atom stereocenters. The second-order valence-corrected chi connectivity index (χ2v) is 8.01. The summed E-state index contributed by atoms with van der Waals surface area (Å²) in [7, 11) is 0. The van der Waals surface area contributed by atoms with Crippen LogP contribution in [0.5, 0.6) is 0 Å². The van der Waals surface area contributed by atoms with E-state index in [0.717, 1.165) is 12.1 Å². The summed E-state index contributed by atoms with van der Waals surface area (Å²) in [6.45, 7) is 8.96. The Morgan fingerprint density at radius 1 is 1.19 bits per heavy atom. The number of amides is 1. The van der Waals surface area contributed by atoms with E-state index < -0.39 is 11.4 Å². The highest BCUT2D eigenvalue weighted by Crippen LogP contribution is 2.30. The number of likely N-dealkylation sites (tertiary alicyclic amines) is 1. The van der Waals surface area contributed by atoms with E-state index in [1.54, 1.807) is 12.3 Å². The van der Waals surface area contributed by atoms with Crippen LogP contribution in [0.3, 0.4) is 0 Å². The van der Waals surface area contributed by atoms with Gasteiger partial charge in [-0.25, -0.2) is 14.8 Å². The van der Waals surface area contributed by atoms with Crippen molar-refractivity contribution >= 4 is 11.9 Å². The van der Waals surface area contributed by atoms with Crippen LogP contribution in [0, 0.1) is 12.3 Å². The number of hydrogen-bond acceptors (Lipinski definition) is 5. The number of hydrogen-bond donors (Lipinski definition) is 1. The zero-order chi connectivity index (χ0) is 19.8. The third-order valence-corrected chi connectivity index (χ3v) is 4.63. The Bertz CT molecular complexity index is 889. The van der Waals surface area contributed by atoms with E-state index in [0.29, 0.717) is 30.2 Å². The minimum Gasteiger partial charge on any atom is -0.478 e. The molecule has 0 aromatic carbocycles. The fraction of sp³-hybridized carbons (Fsp3) is 0.450. The maximum absolute atomic E-state index is 12.5. The molecule has 1 fully saturated rings. The molecule has 1 aliphatic rings. The molecule has 3 rings (SSSR count). The molecule has 1 aliphatic heterocycles. The van der Waals surface area contributed by atoms with Gasteiger partial charge >= 0.3 is 5.97 Å². The van der Waals surface area contributed by atoms with E-state index in [4.69, 9.17) is 0 Å². The van der Waals surface area contributed by atoms with Gasteiger partial charge in [0.2, 0.25) is 5.91 Å². The molecule has 0 radical (unpaired) electrons. The average molecular weight is 368 g/mol. The maximum Gasteiger partial charge on any atom is 0.337 e. The molecule has 0 unspecified atom stereocenters. The zero-order valence-electron chi connectivity index (χ0n) is 16.1. The molecule has 142 valence electrons. The number of pyridine rings is 1. The summed E-state index contributed by atoms with van der Waals surface area (Å²) < 4.78 is 0. The van der Waals surface area contributed by atoms with Crippen LogP contribution in [-0.4, -0.2) is 49.9 Å². The molecule has 7 heteroatoms. The van der Waals surface area contributed by atoms with Crippen molar-refractivity contribution < 1.29 is 14.7 Å². The minimum atomic E-state index is -1.03. The molecule has 0 spiro atoms. The third-order valence-electron chi connectivity index (χ3n) is 4.63. The van der Waals surface area contributed by atoms with Gasteiger partial charge in [0.05, 0.1) is 11.3 Å². The number of carbonyl (C=O) groups is 2. The van der Waals surface area contributed by atoms with Crippen molar-refractivity contribution in [2.45, 2.75) is 40.0 Å². The first-order valence-electron chi connectivity index (χ1n) is 8.99. The van der Waals surface area contributed by atoms with Gasteiger partial charge in [0.25, 0.3) is 0 Å². The van der Waals surface area contributed by atoms with Gasteiger partial charge in [-0.2, -0.15) is 0 Å². The monoisotopic (exact) mass is 368 g/mol. The van der Waals surface area contributed by atoms with E-state index >= 15 is 0 Å². The highest BCUT2D eigenvalue weighted by molar-refractivity contribution is 5.88. The summed E-state index contributed by atoms with van der Waals surface area (Å²) >= 11 is 0. The van der Waals surface area contributed by atoms with Crippen molar-refractivity contribution in [3.8, 4) is 11.3 Å². The molecular formula is C20H24N4O3. The summed E-state index contributed by atoms with van der Waals surface area (Å²) in [4.78, 5) is 38.8. The van der Waals surface area contributed by atoms with Crippen molar-refractivity contribution in [1.82, 2.24) is 19.9 Å². The highest BCUT2D eigenvalue weighted by atomic mass is 16.4. The number of aromatic nitrogens is 3. The third kappa shape index (κ3) is 4.13. The number of nitrogens with zero attached hydrogens (tertiary/aromatic N) is 4. The lowest BCUT2D eigenvalue weighted by Gasteiger charge is -2.25. The van der Waals surface area contributed by atoms with Gasteiger partial charge < -0.3 is 10.0 Å². The molecule has 1 saturated heterocycles. The van der Waals surface area contributed by atoms with Crippen molar-refractivity contribution in [3.63, 3.8) is 0 Å². The zero-order valence-corrected chi connectivity index (χ0v) is 16.1. The van der Waals surface area contributed by atoms with Crippen molar-refractivity contribution in [1.29, 1.82) is 0 Å². The van der Waals surface area contributed by atoms with Crippen LogP contribution in [0.1, 0.15) is 55.0 Å². The number of aryl methyl sites for hydroxylation is 1. The molecule has 3 heterocycles. The van der Waals surface area contributed by atoms with Gasteiger partial charge in [-0.15, -0.1) is 0 Å². The van der Waals surface area contributed by atoms with Crippen LogP contribution in [0.2, 0.25) is 0 Å². The van der Waals surface area contributed by atoms with Gasteiger partial charge in [-0.3, -0.25) is 9.78 Å². The SMILES string of the molecule is Cc1cc(-c2cncc(C(=O)O)c2)nc([C@H]2CCN(C(=O)C(C)(C)C)C2)n1. The van der Waals surface area contributed by atoms with E-state index in [1.165, 1.54) is 6.20 Å². The van der Waals surface area contributed by atoms with Gasteiger partial charge in [0.1, 0.15) is 5.82 Å². The van der Waals surface area contributed by atoms with E-state index in [-0.39, 0.29) is 17.4 Å². The summed E-state index contributed by atoms with van der Waals surface area (Å²) in [5.41, 5.74) is 1.80. The van der Waals surface area contributed by atoms with Crippen LogP contribution in [0.15, 0.2) is 24.5 Å². The lowest BCUT2D eigenvalue weighted by molar-refractivity contribution is -0.138. The van der Waals surface area contributed by atoms with E-state index in [1.807, 2.05) is 38.7 Å². The van der Waals surface area contributed by atoms with Crippen LogP contribution >= 0.6 is 0 Å². The Hall–Kier alpha value is -2.83. The minimum absolute atomic E-state index is 0.0746. The van der Waals surface area contributed by atoms with Crippen LogP contribution < -0.4 is 0 Å². The molecule has 27 heavy (non-hydrogen) atoms. The van der Waals surface area contributed by atoms with Gasteiger partial charge in [0, 0.05) is 48.1 Å². The highest BCUT2D eigenvalue weighted by Gasteiger charge is 2.34. The van der Waals surface area contributed by atoms with Crippen LogP contribution in [0.25, 0.3) is 11.3 Å². The predicted octanol–water partition coefficient (Wildman–Crippen LogP) is 2.91. The Labute approximate surface area is 158 Å². The lowest BCUT2D eigenvalue weighted by atomic mass is 9.95. The molecular weight excluding hydrogens is 344 g/mol. The summed E-state index contributed by atoms with van der Waals surface area (Å²) in [6.07, 6.45) is 3.73. The normalized spacial score (nSPS) is 17.2. The quantitative estimate of drug-likeness (QED) is 0.895. The fourth-order valence-electron chi connectivity index (χ4n) is 3.25. The number of carboxylic acids is 1. The number of carboxylic acid groups (broad SMARTS) is 1. The molecule has 0 aliphatic carbocycles. The predicted molar refractivity (Wildman–Crippen MR) is 100 cm³/mol. The lowest BCUT2D eigenvalue weighted by Crippen LogP contribution is -2.37. The van der Waals surface area contributed by atoms with Crippen molar-refractivity contribution in [2.24, 2.45) is 5.41 Å². The molecule has 0 bridgehead atoms. The van der Waals surface area contributed by atoms with Crippen molar-refractivity contribution in [3.05, 3.63) is 41.6 Å². The molecule has 2 aromatic rings. The average Bonchev–Trinajstić information content (AvgIpc) is 3.09. The smallest absolute Gasteiger partial charge is 0.337 e. The fourth-order valence-corrected chi connectivity index (χ4v) is 3.25. The summed E-state index contributed by atoms with van der Waals surface area (Å²) in [5, 5.41) is 9.17. The number of rotatable bonds is 3. The Morgan fingerprint density at radius 2 is 1.93 bits per heavy atom. The Morgan fingerprint density at radius 3 is 2.59 bits per heavy atom. The molecule has 1 amide bonds. The molecule has 7 nitrogen and oxygen atoms in total. The number of carbonyl (C=O) groups excluding carboxylic acids is 1. The van der Waals surface area contributed by atoms with Crippen LogP contribution in [0.4, 0.5) is 0 Å².